The summed E-state index contributed by atoms with van der Waals surface area (Å²) in [6.45, 7) is 0. The summed E-state index contributed by atoms with van der Waals surface area (Å²) in [6, 6.07) is 8.86. The van der Waals surface area contributed by atoms with Crippen molar-refractivity contribution in [3.63, 3.8) is 0 Å². The molecular weight excluding hydrogens is 356 g/mol. The molecule has 0 fully saturated rings. The number of allylic oxidation sites excluding steroid dienone is 1. The zero-order valence-corrected chi connectivity index (χ0v) is 15.9. The highest BCUT2D eigenvalue weighted by atomic mass is 16.5. The summed E-state index contributed by atoms with van der Waals surface area (Å²) in [5, 5.41) is 0. The van der Waals surface area contributed by atoms with Crippen LogP contribution in [0.15, 0.2) is 58.4 Å². The summed E-state index contributed by atoms with van der Waals surface area (Å²) in [7, 11) is 4.97. The molecule has 1 aliphatic carbocycles. The predicted molar refractivity (Wildman–Crippen MR) is 108 cm³/mol. The molecule has 2 aromatic heterocycles. The van der Waals surface area contributed by atoms with Gasteiger partial charge in [-0.15, -0.1) is 0 Å². The molecule has 0 bridgehead atoms. The zero-order valence-electron chi connectivity index (χ0n) is 15.9. The van der Waals surface area contributed by atoms with Gasteiger partial charge in [-0.25, -0.2) is 0 Å². The highest BCUT2D eigenvalue weighted by molar-refractivity contribution is 5.81. The maximum absolute atomic E-state index is 12.4. The number of nitrogens with zero attached hydrogens (tertiary/aromatic N) is 2. The highest BCUT2D eigenvalue weighted by Gasteiger charge is 2.20. The largest absolute Gasteiger partial charge is 0.493 e. The van der Waals surface area contributed by atoms with E-state index in [1.54, 1.807) is 44.2 Å². The number of para-hydroxylation sites is 2. The maximum atomic E-state index is 12.4. The normalized spacial score (nSPS) is 12.1. The molecular formula is C22H20N2O4. The minimum atomic E-state index is -0.160. The number of hydrogen-bond donors (Lipinski definition) is 0. The molecule has 6 nitrogen and oxygen atoms in total. The van der Waals surface area contributed by atoms with E-state index in [0.717, 1.165) is 16.7 Å². The Morgan fingerprint density at radius 2 is 1.68 bits per heavy atom. The van der Waals surface area contributed by atoms with E-state index in [0.29, 0.717) is 29.2 Å². The second kappa shape index (κ2) is 6.88. The van der Waals surface area contributed by atoms with E-state index in [1.165, 1.54) is 10.6 Å². The zero-order chi connectivity index (χ0) is 19.8. The number of aromatic nitrogens is 2. The lowest BCUT2D eigenvalue weighted by Crippen LogP contribution is -2.22. The number of pyridine rings is 2. The number of methoxy groups -OCH3 is 1. The van der Waals surface area contributed by atoms with Crippen molar-refractivity contribution in [2.75, 3.05) is 7.11 Å². The van der Waals surface area contributed by atoms with Gasteiger partial charge in [-0.05, 0) is 24.1 Å². The van der Waals surface area contributed by atoms with Crippen LogP contribution in [0.4, 0.5) is 0 Å². The predicted octanol–water partition coefficient (Wildman–Crippen LogP) is 3.12. The summed E-state index contributed by atoms with van der Waals surface area (Å²) in [4.78, 5) is 24.8. The monoisotopic (exact) mass is 376 g/mol. The van der Waals surface area contributed by atoms with Crippen LogP contribution in [0.5, 0.6) is 17.2 Å². The fourth-order valence-corrected chi connectivity index (χ4v) is 3.43. The van der Waals surface area contributed by atoms with Crippen LogP contribution < -0.4 is 20.6 Å². The topological polar surface area (TPSA) is 62.5 Å². The van der Waals surface area contributed by atoms with Crippen molar-refractivity contribution in [2.24, 2.45) is 14.1 Å². The molecule has 0 saturated carbocycles. The number of rotatable bonds is 4. The van der Waals surface area contributed by atoms with Crippen molar-refractivity contribution < 1.29 is 9.47 Å². The minimum absolute atomic E-state index is 0.0280. The molecule has 0 N–H and O–H groups in total. The van der Waals surface area contributed by atoms with Gasteiger partial charge in [0.05, 0.1) is 13.3 Å². The number of ether oxygens (including phenoxy) is 2. The van der Waals surface area contributed by atoms with Gasteiger partial charge < -0.3 is 18.6 Å². The molecule has 0 spiro atoms. The van der Waals surface area contributed by atoms with E-state index in [2.05, 4.69) is 0 Å². The standard InChI is InChI=1S/C22H20N2O4/c1-23-13-20(28-19-10-5-4-9-18(19)27-3)16(11-21(23)25)17-12-24(2)22(26)15-8-6-7-14(15)17/h4-7,9-13H,8H2,1-3H3. The van der Waals surface area contributed by atoms with E-state index in [-0.39, 0.29) is 11.1 Å². The quantitative estimate of drug-likeness (QED) is 0.702. The van der Waals surface area contributed by atoms with Gasteiger partial charge >= 0.3 is 0 Å². The average molecular weight is 376 g/mol. The van der Waals surface area contributed by atoms with Gasteiger partial charge in [0.15, 0.2) is 17.2 Å². The molecule has 0 amide bonds. The Labute approximate surface area is 161 Å². The number of hydrogen-bond acceptors (Lipinski definition) is 4. The van der Waals surface area contributed by atoms with Gasteiger partial charge in [-0.2, -0.15) is 0 Å². The van der Waals surface area contributed by atoms with Crippen molar-refractivity contribution in [1.82, 2.24) is 9.13 Å². The van der Waals surface area contributed by atoms with Crippen LogP contribution in [0.2, 0.25) is 0 Å². The van der Waals surface area contributed by atoms with Crippen LogP contribution in [0.25, 0.3) is 17.2 Å². The average Bonchev–Trinajstić information content (AvgIpc) is 3.18. The van der Waals surface area contributed by atoms with Crippen LogP contribution in [0.3, 0.4) is 0 Å². The summed E-state index contributed by atoms with van der Waals surface area (Å²) in [5.74, 6) is 1.64. The molecule has 0 saturated heterocycles. The Hall–Kier alpha value is -3.54. The Morgan fingerprint density at radius 1 is 0.929 bits per heavy atom. The molecule has 0 atom stereocenters. The number of benzene rings is 1. The van der Waals surface area contributed by atoms with Crippen molar-refractivity contribution in [3.05, 3.63) is 80.6 Å². The van der Waals surface area contributed by atoms with E-state index in [1.807, 2.05) is 30.4 Å². The molecule has 3 aromatic rings. The van der Waals surface area contributed by atoms with Gasteiger partial charge in [0.1, 0.15) is 0 Å². The lowest BCUT2D eigenvalue weighted by Gasteiger charge is -2.17. The first-order valence-electron chi connectivity index (χ1n) is 8.90. The van der Waals surface area contributed by atoms with Gasteiger partial charge in [0, 0.05) is 43.0 Å². The van der Waals surface area contributed by atoms with Crippen LogP contribution in [0.1, 0.15) is 11.1 Å². The number of aryl methyl sites for hydroxylation is 2. The van der Waals surface area contributed by atoms with E-state index < -0.39 is 0 Å². The molecule has 2 heterocycles. The molecule has 6 heteroatoms. The molecule has 0 radical (unpaired) electrons. The smallest absolute Gasteiger partial charge is 0.254 e. The first-order valence-corrected chi connectivity index (χ1v) is 8.90. The lowest BCUT2D eigenvalue weighted by molar-refractivity contribution is 0.378. The van der Waals surface area contributed by atoms with Gasteiger partial charge in [-0.3, -0.25) is 9.59 Å². The molecule has 142 valence electrons. The first-order chi connectivity index (χ1) is 13.5. The van der Waals surface area contributed by atoms with Crippen LogP contribution in [0, 0.1) is 0 Å². The second-order valence-electron chi connectivity index (χ2n) is 6.71. The maximum Gasteiger partial charge on any atom is 0.254 e. The van der Waals surface area contributed by atoms with Crippen molar-refractivity contribution in [3.8, 4) is 28.4 Å². The fourth-order valence-electron chi connectivity index (χ4n) is 3.43. The molecule has 1 aliphatic rings. The molecule has 0 aliphatic heterocycles. The van der Waals surface area contributed by atoms with Crippen molar-refractivity contribution >= 4 is 6.08 Å². The van der Waals surface area contributed by atoms with Crippen molar-refractivity contribution in [2.45, 2.75) is 6.42 Å². The van der Waals surface area contributed by atoms with Gasteiger partial charge in [0.2, 0.25) is 0 Å². The number of fused-ring (bicyclic) bond motifs is 1. The lowest BCUT2D eigenvalue weighted by atomic mass is 9.99. The van der Waals surface area contributed by atoms with Gasteiger partial charge in [-0.1, -0.05) is 24.3 Å². The van der Waals surface area contributed by atoms with Crippen LogP contribution >= 0.6 is 0 Å². The molecule has 1 aromatic carbocycles. The summed E-state index contributed by atoms with van der Waals surface area (Å²) < 4.78 is 14.5. The Kier molecular flexibility index (Phi) is 4.39. The molecule has 0 unspecified atom stereocenters. The summed E-state index contributed by atoms with van der Waals surface area (Å²) in [5.41, 5.74) is 2.79. The minimum Gasteiger partial charge on any atom is -0.493 e. The molecule has 28 heavy (non-hydrogen) atoms. The Bertz CT molecular complexity index is 1220. The van der Waals surface area contributed by atoms with Crippen molar-refractivity contribution in [1.29, 1.82) is 0 Å². The van der Waals surface area contributed by atoms with Crippen LogP contribution in [-0.2, 0) is 20.5 Å². The summed E-state index contributed by atoms with van der Waals surface area (Å²) >= 11 is 0. The first kappa shape index (κ1) is 17.9. The van der Waals surface area contributed by atoms with E-state index >= 15 is 0 Å². The Morgan fingerprint density at radius 3 is 2.43 bits per heavy atom. The third-order valence-corrected chi connectivity index (χ3v) is 4.89. The van der Waals surface area contributed by atoms with E-state index in [4.69, 9.17) is 9.47 Å². The van der Waals surface area contributed by atoms with Gasteiger partial charge in [0.25, 0.3) is 11.1 Å². The SMILES string of the molecule is COc1ccccc1Oc1cn(C)c(=O)cc1-c1cn(C)c(=O)c2c1C=CC2. The third kappa shape index (κ3) is 2.93. The van der Waals surface area contributed by atoms with E-state index in [9.17, 15) is 9.59 Å². The summed E-state index contributed by atoms with van der Waals surface area (Å²) in [6.07, 6.45) is 7.87. The fraction of sp³-hybridized carbons (Fsp3) is 0.182. The Balaban J connectivity index is 1.94. The molecule has 4 rings (SSSR count). The second-order valence-corrected chi connectivity index (χ2v) is 6.71. The van der Waals surface area contributed by atoms with Crippen LogP contribution in [-0.4, -0.2) is 16.2 Å². The highest BCUT2D eigenvalue weighted by Crippen LogP contribution is 2.38. The third-order valence-electron chi connectivity index (χ3n) is 4.89.